The molecule has 134 valence electrons. The summed E-state index contributed by atoms with van der Waals surface area (Å²) in [6, 6.07) is 19.1. The molecular formula is C21H17IN4O. The van der Waals surface area contributed by atoms with Crippen molar-refractivity contribution in [2.75, 3.05) is 5.32 Å². The lowest BCUT2D eigenvalue weighted by atomic mass is 10.1. The molecule has 0 atom stereocenters. The molecule has 0 aliphatic heterocycles. The van der Waals surface area contributed by atoms with E-state index >= 15 is 0 Å². The number of carbonyl (C=O) groups excluding carboxylic acids is 1. The lowest BCUT2D eigenvalue weighted by Crippen LogP contribution is -2.11. The fraction of sp³-hybridized carbons (Fsp3) is 0.0952. The van der Waals surface area contributed by atoms with Gasteiger partial charge in [0.15, 0.2) is 0 Å². The number of aromatic nitrogens is 3. The number of nitrogens with one attached hydrogen (secondary N) is 1. The molecule has 1 amide bonds. The second-order valence-electron chi connectivity index (χ2n) is 6.43. The van der Waals surface area contributed by atoms with Crippen molar-refractivity contribution < 1.29 is 4.79 Å². The minimum absolute atomic E-state index is 0.144. The number of anilines is 1. The maximum Gasteiger partial charge on any atom is 0.255 e. The third-order valence-corrected chi connectivity index (χ3v) is 5.12. The fourth-order valence-electron chi connectivity index (χ4n) is 2.79. The molecule has 3 aromatic carbocycles. The summed E-state index contributed by atoms with van der Waals surface area (Å²) in [4.78, 5) is 14.1. The van der Waals surface area contributed by atoms with E-state index in [4.69, 9.17) is 0 Å². The summed E-state index contributed by atoms with van der Waals surface area (Å²) in [5.74, 6) is -0.144. The number of carbonyl (C=O) groups is 1. The highest BCUT2D eigenvalue weighted by atomic mass is 127. The first kappa shape index (κ1) is 17.7. The van der Waals surface area contributed by atoms with Crippen LogP contribution in [0.15, 0.2) is 60.7 Å². The van der Waals surface area contributed by atoms with Crippen molar-refractivity contribution in [3.63, 3.8) is 0 Å². The smallest absolute Gasteiger partial charge is 0.255 e. The van der Waals surface area contributed by atoms with Crippen molar-refractivity contribution in [1.29, 1.82) is 0 Å². The number of amides is 1. The Morgan fingerprint density at radius 1 is 0.926 bits per heavy atom. The molecule has 6 heteroatoms. The highest BCUT2D eigenvalue weighted by Crippen LogP contribution is 2.20. The van der Waals surface area contributed by atoms with Crippen LogP contribution >= 0.6 is 22.6 Å². The van der Waals surface area contributed by atoms with E-state index in [2.05, 4.69) is 64.1 Å². The van der Waals surface area contributed by atoms with E-state index in [1.807, 2.05) is 42.5 Å². The monoisotopic (exact) mass is 468 g/mol. The number of benzene rings is 3. The fourth-order valence-corrected chi connectivity index (χ4v) is 3.33. The number of fused-ring (bicyclic) bond motifs is 1. The van der Waals surface area contributed by atoms with Crippen LogP contribution in [0.2, 0.25) is 0 Å². The van der Waals surface area contributed by atoms with E-state index in [0.29, 0.717) is 11.3 Å². The molecule has 27 heavy (non-hydrogen) atoms. The van der Waals surface area contributed by atoms with Crippen LogP contribution in [0.5, 0.6) is 0 Å². The van der Waals surface area contributed by atoms with Crippen molar-refractivity contribution in [3.8, 4) is 5.69 Å². The lowest BCUT2D eigenvalue weighted by Gasteiger charge is -2.05. The van der Waals surface area contributed by atoms with E-state index in [1.54, 1.807) is 10.9 Å². The minimum Gasteiger partial charge on any atom is -0.322 e. The van der Waals surface area contributed by atoms with Crippen LogP contribution in [0.25, 0.3) is 16.7 Å². The van der Waals surface area contributed by atoms with Crippen LogP contribution in [-0.4, -0.2) is 20.9 Å². The molecule has 1 N–H and O–H groups in total. The summed E-state index contributed by atoms with van der Waals surface area (Å²) in [6.07, 6.45) is 0. The van der Waals surface area contributed by atoms with Crippen LogP contribution in [-0.2, 0) is 0 Å². The topological polar surface area (TPSA) is 59.8 Å². The van der Waals surface area contributed by atoms with Crippen molar-refractivity contribution in [1.82, 2.24) is 15.0 Å². The summed E-state index contributed by atoms with van der Waals surface area (Å²) in [7, 11) is 0. The van der Waals surface area contributed by atoms with E-state index in [0.717, 1.165) is 20.3 Å². The number of halogens is 1. The SMILES string of the molecule is Cc1ccc(-n2nc3ccc(NC(=O)c4cccc(I)c4)cc3n2)cc1C. The van der Waals surface area contributed by atoms with Gasteiger partial charge in [0.05, 0.1) is 5.69 Å². The van der Waals surface area contributed by atoms with Crippen LogP contribution in [0.1, 0.15) is 21.5 Å². The normalized spacial score (nSPS) is 10.9. The summed E-state index contributed by atoms with van der Waals surface area (Å²) in [5.41, 5.74) is 6.17. The number of hydrogen-bond donors (Lipinski definition) is 1. The number of hydrogen-bond acceptors (Lipinski definition) is 3. The highest BCUT2D eigenvalue weighted by Gasteiger charge is 2.10. The predicted molar refractivity (Wildman–Crippen MR) is 115 cm³/mol. The van der Waals surface area contributed by atoms with Gasteiger partial charge in [-0.3, -0.25) is 4.79 Å². The van der Waals surface area contributed by atoms with Crippen LogP contribution in [0.4, 0.5) is 5.69 Å². The van der Waals surface area contributed by atoms with Crippen LogP contribution < -0.4 is 5.32 Å². The van der Waals surface area contributed by atoms with Gasteiger partial charge in [-0.15, -0.1) is 10.2 Å². The van der Waals surface area contributed by atoms with Crippen LogP contribution in [0.3, 0.4) is 0 Å². The summed E-state index contributed by atoms with van der Waals surface area (Å²) >= 11 is 2.19. The largest absolute Gasteiger partial charge is 0.322 e. The number of nitrogens with zero attached hydrogens (tertiary/aromatic N) is 3. The predicted octanol–water partition coefficient (Wildman–Crippen LogP) is 4.89. The van der Waals surface area contributed by atoms with Crippen molar-refractivity contribution in [2.24, 2.45) is 0 Å². The van der Waals surface area contributed by atoms with Crippen molar-refractivity contribution in [2.45, 2.75) is 13.8 Å². The molecule has 1 aromatic heterocycles. The Balaban J connectivity index is 1.62. The first-order valence-corrected chi connectivity index (χ1v) is 9.59. The molecule has 5 nitrogen and oxygen atoms in total. The zero-order valence-electron chi connectivity index (χ0n) is 14.9. The van der Waals surface area contributed by atoms with Gasteiger partial charge in [-0.05, 0) is 96.1 Å². The molecule has 4 rings (SSSR count). The Morgan fingerprint density at radius 2 is 1.74 bits per heavy atom. The molecule has 0 radical (unpaired) electrons. The van der Waals surface area contributed by atoms with Gasteiger partial charge < -0.3 is 5.32 Å². The Kier molecular flexibility index (Phi) is 4.65. The lowest BCUT2D eigenvalue weighted by molar-refractivity contribution is 0.102. The average molecular weight is 468 g/mol. The molecule has 0 aliphatic rings. The molecule has 0 unspecified atom stereocenters. The maximum absolute atomic E-state index is 12.4. The van der Waals surface area contributed by atoms with Gasteiger partial charge in [0.1, 0.15) is 11.0 Å². The number of rotatable bonds is 3. The van der Waals surface area contributed by atoms with Crippen LogP contribution in [0, 0.1) is 17.4 Å². The standard InChI is InChI=1S/C21H17IN4O/c1-13-6-8-18(10-14(13)2)26-24-19-9-7-17(12-20(19)25-26)23-21(27)15-4-3-5-16(22)11-15/h3-12H,1-2H3,(H,23,27). The maximum atomic E-state index is 12.4. The Hall–Kier alpha value is -2.74. The van der Waals surface area contributed by atoms with Gasteiger partial charge >= 0.3 is 0 Å². The molecule has 0 fully saturated rings. The van der Waals surface area contributed by atoms with E-state index < -0.39 is 0 Å². The zero-order valence-corrected chi connectivity index (χ0v) is 17.1. The molecule has 0 bridgehead atoms. The molecule has 1 heterocycles. The third-order valence-electron chi connectivity index (χ3n) is 4.45. The summed E-state index contributed by atoms with van der Waals surface area (Å²) in [5, 5.41) is 12.0. The molecule has 4 aromatic rings. The number of aryl methyl sites for hydroxylation is 2. The van der Waals surface area contributed by atoms with Crippen molar-refractivity contribution >= 4 is 45.2 Å². The first-order valence-electron chi connectivity index (χ1n) is 8.51. The van der Waals surface area contributed by atoms with Gasteiger partial charge in [0.25, 0.3) is 5.91 Å². The minimum atomic E-state index is -0.144. The Bertz CT molecular complexity index is 1170. The quantitative estimate of drug-likeness (QED) is 0.436. The second kappa shape index (κ2) is 7.11. The average Bonchev–Trinajstić information content (AvgIpc) is 3.07. The van der Waals surface area contributed by atoms with E-state index in [-0.39, 0.29) is 5.91 Å². The molecule has 0 saturated heterocycles. The van der Waals surface area contributed by atoms with Gasteiger partial charge in [-0.1, -0.05) is 12.1 Å². The van der Waals surface area contributed by atoms with Gasteiger partial charge in [0.2, 0.25) is 0 Å². The molecule has 0 saturated carbocycles. The zero-order chi connectivity index (χ0) is 19.0. The summed E-state index contributed by atoms with van der Waals surface area (Å²) in [6.45, 7) is 4.15. The Morgan fingerprint density at radius 3 is 2.52 bits per heavy atom. The van der Waals surface area contributed by atoms with Gasteiger partial charge in [0, 0.05) is 14.8 Å². The first-order chi connectivity index (χ1) is 13.0. The second-order valence-corrected chi connectivity index (χ2v) is 7.67. The molecule has 0 aliphatic carbocycles. The van der Waals surface area contributed by atoms with Crippen molar-refractivity contribution in [3.05, 3.63) is 80.9 Å². The van der Waals surface area contributed by atoms with Gasteiger partial charge in [-0.25, -0.2) is 0 Å². The molecular weight excluding hydrogens is 451 g/mol. The van der Waals surface area contributed by atoms with E-state index in [9.17, 15) is 4.79 Å². The highest BCUT2D eigenvalue weighted by molar-refractivity contribution is 14.1. The van der Waals surface area contributed by atoms with E-state index in [1.165, 1.54) is 11.1 Å². The van der Waals surface area contributed by atoms with Gasteiger partial charge in [-0.2, -0.15) is 4.80 Å². The summed E-state index contributed by atoms with van der Waals surface area (Å²) < 4.78 is 1.02. The third kappa shape index (κ3) is 3.71. The molecule has 0 spiro atoms. The Labute approximate surface area is 170 Å².